The van der Waals surface area contributed by atoms with Crippen LogP contribution in [-0.4, -0.2) is 38.1 Å². The summed E-state index contributed by atoms with van der Waals surface area (Å²) in [6, 6.07) is 3.09. The van der Waals surface area contributed by atoms with E-state index in [2.05, 4.69) is 38.2 Å². The van der Waals surface area contributed by atoms with E-state index < -0.39 is 27.0 Å². The summed E-state index contributed by atoms with van der Waals surface area (Å²) in [5.41, 5.74) is -0.357. The summed E-state index contributed by atoms with van der Waals surface area (Å²) in [5, 5.41) is 0. The Morgan fingerprint density at radius 2 is 0.978 bits per heavy atom. The van der Waals surface area contributed by atoms with E-state index in [0.29, 0.717) is 12.8 Å². The fraction of sp³-hybridized carbons (Fsp3) is 0.667. The third kappa shape index (κ3) is 22.7. The Balaban J connectivity index is 0.0000194. The van der Waals surface area contributed by atoms with Crippen LogP contribution in [0.15, 0.2) is 47.4 Å². The van der Waals surface area contributed by atoms with Gasteiger partial charge in [-0.25, -0.2) is 18.0 Å². The normalized spacial score (nSPS) is 11.6. The molecule has 0 spiro atoms. The van der Waals surface area contributed by atoms with Gasteiger partial charge in [0.25, 0.3) is 0 Å². The van der Waals surface area contributed by atoms with Crippen LogP contribution >= 0.6 is 0 Å². The Morgan fingerprint density at radius 1 is 0.600 bits per heavy atom. The smallest absolute Gasteiger partial charge is 0.744 e. The average molecular weight is 657 g/mol. The average Bonchev–Trinajstić information content (AvgIpc) is 3.00. The topological polar surface area (TPSA) is 110 Å². The van der Waals surface area contributed by atoms with Gasteiger partial charge < -0.3 is 14.0 Å². The molecule has 0 fully saturated rings. The molecule has 0 saturated carbocycles. The molecule has 45 heavy (non-hydrogen) atoms. The van der Waals surface area contributed by atoms with Gasteiger partial charge >= 0.3 is 41.5 Å². The molecule has 0 heterocycles. The van der Waals surface area contributed by atoms with E-state index in [0.717, 1.165) is 82.4 Å². The van der Waals surface area contributed by atoms with Crippen molar-refractivity contribution in [2.24, 2.45) is 0 Å². The Labute approximate surface area is 296 Å². The van der Waals surface area contributed by atoms with E-state index in [4.69, 9.17) is 9.47 Å². The third-order valence-corrected chi connectivity index (χ3v) is 8.29. The number of hydrogen-bond acceptors (Lipinski definition) is 7. The van der Waals surface area contributed by atoms with Gasteiger partial charge in [-0.15, -0.1) is 0 Å². The van der Waals surface area contributed by atoms with Gasteiger partial charge in [-0.3, -0.25) is 0 Å². The first-order chi connectivity index (χ1) is 21.3. The maximum atomic E-state index is 12.8. The molecule has 1 aromatic rings. The fourth-order valence-electron chi connectivity index (χ4n) is 4.81. The molecule has 7 nitrogen and oxygen atoms in total. The van der Waals surface area contributed by atoms with Crippen molar-refractivity contribution >= 4 is 22.1 Å². The van der Waals surface area contributed by atoms with Crippen LogP contribution in [0.2, 0.25) is 0 Å². The van der Waals surface area contributed by atoms with Gasteiger partial charge in [0.2, 0.25) is 0 Å². The molecule has 0 atom stereocenters. The zero-order valence-electron chi connectivity index (χ0n) is 28.4. The Bertz CT molecular complexity index is 1080. The van der Waals surface area contributed by atoms with Crippen LogP contribution < -0.4 is 29.6 Å². The van der Waals surface area contributed by atoms with Crippen LogP contribution in [0.25, 0.3) is 0 Å². The molecule has 0 aliphatic carbocycles. The molecule has 0 amide bonds. The summed E-state index contributed by atoms with van der Waals surface area (Å²) >= 11 is 0. The summed E-state index contributed by atoms with van der Waals surface area (Å²) in [5.74, 6) is -1.57. The van der Waals surface area contributed by atoms with Crippen LogP contribution in [0.1, 0.15) is 163 Å². The molecule has 0 aliphatic rings. The summed E-state index contributed by atoms with van der Waals surface area (Å²) in [7, 11) is -4.81. The van der Waals surface area contributed by atoms with Gasteiger partial charge in [0.1, 0.15) is 10.1 Å². The minimum absolute atomic E-state index is 0. The number of hydrogen-bond donors (Lipinski definition) is 0. The minimum Gasteiger partial charge on any atom is -0.744 e. The SMILES string of the molecule is CCC/C=C/CCCCCCCCCOC(=O)c1ccc(S(=O)(=O)[O-])cc1C(=O)OCCCCCCCCC/C=C/CCC.[Na+]. The zero-order valence-corrected chi connectivity index (χ0v) is 31.2. The molecular weight excluding hydrogens is 599 g/mol. The predicted molar refractivity (Wildman–Crippen MR) is 177 cm³/mol. The van der Waals surface area contributed by atoms with E-state index in [-0.39, 0.29) is 53.9 Å². The zero-order chi connectivity index (χ0) is 32.3. The van der Waals surface area contributed by atoms with Crippen molar-refractivity contribution in [1.29, 1.82) is 0 Å². The van der Waals surface area contributed by atoms with Crippen molar-refractivity contribution in [1.82, 2.24) is 0 Å². The maximum absolute atomic E-state index is 12.8. The standard InChI is InChI=1S/C36H58O7S.Na/c1-3-5-7-9-11-13-15-17-19-21-23-25-29-42-35(37)33-28-27-32(44(39,40)41)31-34(33)36(38)43-30-26-24-22-20-18-16-14-12-10-8-6-4-2;/h7-10,27-28,31H,3-6,11-26,29-30H2,1-2H3,(H,39,40,41);/q;+1/p-1/b9-7+,10-8+;. The van der Waals surface area contributed by atoms with E-state index in [9.17, 15) is 22.6 Å². The molecule has 0 radical (unpaired) electrons. The Hall–Kier alpha value is -1.45. The molecule has 0 aliphatic heterocycles. The van der Waals surface area contributed by atoms with Crippen molar-refractivity contribution in [2.75, 3.05) is 13.2 Å². The second-order valence-corrected chi connectivity index (χ2v) is 12.9. The Kier molecular flexibility index (Phi) is 27.8. The van der Waals surface area contributed by atoms with Gasteiger partial charge in [0.15, 0.2) is 0 Å². The molecule has 1 aromatic carbocycles. The molecule has 0 aromatic heterocycles. The van der Waals surface area contributed by atoms with Crippen LogP contribution in [0.3, 0.4) is 0 Å². The van der Waals surface area contributed by atoms with Gasteiger partial charge in [-0.1, -0.05) is 115 Å². The molecule has 250 valence electrons. The second kappa shape index (κ2) is 28.7. The molecule has 0 N–H and O–H groups in total. The monoisotopic (exact) mass is 656 g/mol. The van der Waals surface area contributed by atoms with Crippen LogP contribution in [0.4, 0.5) is 0 Å². The first-order valence-corrected chi connectivity index (χ1v) is 18.5. The summed E-state index contributed by atoms with van der Waals surface area (Å²) in [6.07, 6.45) is 30.8. The predicted octanol–water partition coefficient (Wildman–Crippen LogP) is 6.86. The maximum Gasteiger partial charge on any atom is 1.00 e. The summed E-state index contributed by atoms with van der Waals surface area (Å²) in [4.78, 5) is 25.0. The van der Waals surface area contributed by atoms with E-state index in [1.165, 1.54) is 51.4 Å². The number of carbonyl (C=O) groups excluding carboxylic acids is 2. The number of carbonyl (C=O) groups is 2. The van der Waals surface area contributed by atoms with Crippen molar-refractivity contribution in [2.45, 2.75) is 147 Å². The molecule has 0 unspecified atom stereocenters. The molecule has 0 bridgehead atoms. The third-order valence-electron chi connectivity index (χ3n) is 7.46. The minimum atomic E-state index is -4.81. The van der Waals surface area contributed by atoms with E-state index in [1.54, 1.807) is 0 Å². The first kappa shape index (κ1) is 43.5. The van der Waals surface area contributed by atoms with Crippen molar-refractivity contribution in [3.8, 4) is 0 Å². The molecular formula is C36H57NaO7S. The van der Waals surface area contributed by atoms with Crippen molar-refractivity contribution < 1.29 is 61.6 Å². The number of esters is 2. The summed E-state index contributed by atoms with van der Waals surface area (Å²) < 4.78 is 45.4. The number of rotatable bonds is 27. The fourth-order valence-corrected chi connectivity index (χ4v) is 5.31. The number of unbranched alkanes of at least 4 members (excludes halogenated alkanes) is 16. The van der Waals surface area contributed by atoms with Crippen LogP contribution in [0.5, 0.6) is 0 Å². The number of ether oxygens (including phenoxy) is 2. The van der Waals surface area contributed by atoms with Crippen LogP contribution in [-0.2, 0) is 19.6 Å². The van der Waals surface area contributed by atoms with E-state index in [1.807, 2.05) is 0 Å². The molecule has 1 rings (SSSR count). The van der Waals surface area contributed by atoms with Crippen LogP contribution in [0, 0.1) is 0 Å². The summed E-state index contributed by atoms with van der Waals surface area (Å²) in [6.45, 7) is 4.71. The van der Waals surface area contributed by atoms with Gasteiger partial charge in [-0.2, -0.15) is 0 Å². The molecule has 0 saturated heterocycles. The van der Waals surface area contributed by atoms with Crippen molar-refractivity contribution in [3.63, 3.8) is 0 Å². The number of benzene rings is 1. The van der Waals surface area contributed by atoms with Gasteiger partial charge in [0, 0.05) is 0 Å². The van der Waals surface area contributed by atoms with Gasteiger partial charge in [0.05, 0.1) is 29.2 Å². The largest absolute Gasteiger partial charge is 1.00 e. The Morgan fingerprint density at radius 3 is 1.40 bits per heavy atom. The molecule has 9 heteroatoms. The van der Waals surface area contributed by atoms with Gasteiger partial charge in [-0.05, 0) is 69.6 Å². The number of allylic oxidation sites excluding steroid dienone is 4. The van der Waals surface area contributed by atoms with E-state index >= 15 is 0 Å². The van der Waals surface area contributed by atoms with Crippen molar-refractivity contribution in [3.05, 3.63) is 53.6 Å². The quantitative estimate of drug-likeness (QED) is 0.0335. The second-order valence-electron chi connectivity index (χ2n) is 11.5. The first-order valence-electron chi connectivity index (χ1n) is 17.0.